The Hall–Kier alpha value is -3.35. The van der Waals surface area contributed by atoms with E-state index in [-0.39, 0.29) is 36.9 Å². The maximum absolute atomic E-state index is 13.2. The highest BCUT2D eigenvalue weighted by Gasteiger charge is 2.53. The van der Waals surface area contributed by atoms with Gasteiger partial charge in [0.05, 0.1) is 17.9 Å². The lowest BCUT2D eigenvalue weighted by Gasteiger charge is -2.42. The molecule has 7 heteroatoms. The second-order valence-electron chi connectivity index (χ2n) is 10.5. The number of carboxylic acid groups (broad SMARTS) is 1. The number of ether oxygens (including phenoxy) is 1. The highest BCUT2D eigenvalue weighted by atomic mass is 16.5. The molecule has 2 bridgehead atoms. The van der Waals surface area contributed by atoms with Crippen molar-refractivity contribution in [2.75, 3.05) is 6.61 Å². The van der Waals surface area contributed by atoms with Gasteiger partial charge in [-0.15, -0.1) is 0 Å². The van der Waals surface area contributed by atoms with E-state index >= 15 is 0 Å². The van der Waals surface area contributed by atoms with E-state index in [4.69, 9.17) is 4.74 Å². The van der Waals surface area contributed by atoms with Crippen LogP contribution >= 0.6 is 0 Å². The lowest BCUT2D eigenvalue weighted by atomic mass is 9.74. The zero-order valence-corrected chi connectivity index (χ0v) is 19.6. The Morgan fingerprint density at radius 2 is 1.66 bits per heavy atom. The van der Waals surface area contributed by atoms with Gasteiger partial charge in [0.15, 0.2) is 0 Å². The number of hydrogen-bond acceptors (Lipinski definition) is 4. The van der Waals surface area contributed by atoms with Gasteiger partial charge in [0.1, 0.15) is 6.61 Å². The number of carbonyl (C=O) groups is 3. The number of carbonyl (C=O) groups excluding carboxylic acids is 2. The van der Waals surface area contributed by atoms with Crippen molar-refractivity contribution in [1.82, 2.24) is 10.2 Å². The molecular weight excluding hydrogens is 444 g/mol. The lowest BCUT2D eigenvalue weighted by molar-refractivity contribution is -0.143. The van der Waals surface area contributed by atoms with Gasteiger partial charge in [-0.05, 0) is 60.8 Å². The van der Waals surface area contributed by atoms with Gasteiger partial charge in [0, 0.05) is 18.0 Å². The summed E-state index contributed by atoms with van der Waals surface area (Å²) >= 11 is 0. The molecule has 2 aromatic rings. The molecule has 2 aromatic carbocycles. The van der Waals surface area contributed by atoms with Gasteiger partial charge in [-0.3, -0.25) is 9.59 Å². The number of nitrogens with zero attached hydrogens (tertiary/aromatic N) is 1. The monoisotopic (exact) mass is 474 g/mol. The van der Waals surface area contributed by atoms with E-state index in [1.54, 1.807) is 4.90 Å². The predicted molar refractivity (Wildman–Crippen MR) is 129 cm³/mol. The van der Waals surface area contributed by atoms with Crippen LogP contribution in [0.2, 0.25) is 0 Å². The van der Waals surface area contributed by atoms with Gasteiger partial charge >= 0.3 is 12.1 Å². The van der Waals surface area contributed by atoms with Crippen LogP contribution in [-0.4, -0.2) is 52.2 Å². The molecule has 3 fully saturated rings. The number of fused-ring (bicyclic) bond motifs is 5. The topological polar surface area (TPSA) is 95.9 Å². The van der Waals surface area contributed by atoms with E-state index in [0.29, 0.717) is 6.42 Å². The van der Waals surface area contributed by atoms with Crippen LogP contribution < -0.4 is 5.32 Å². The Balaban J connectivity index is 1.10. The third-order valence-electron chi connectivity index (χ3n) is 8.65. The molecule has 35 heavy (non-hydrogen) atoms. The summed E-state index contributed by atoms with van der Waals surface area (Å²) in [4.78, 5) is 39.5. The van der Waals surface area contributed by atoms with Crippen LogP contribution in [0.5, 0.6) is 0 Å². The van der Waals surface area contributed by atoms with Gasteiger partial charge in [-0.2, -0.15) is 0 Å². The van der Waals surface area contributed by atoms with Crippen LogP contribution in [0.4, 0.5) is 4.79 Å². The van der Waals surface area contributed by atoms with Gasteiger partial charge in [0.2, 0.25) is 5.91 Å². The van der Waals surface area contributed by atoms with Crippen LogP contribution in [-0.2, 0) is 14.3 Å². The summed E-state index contributed by atoms with van der Waals surface area (Å²) in [6.45, 7) is 0.237. The van der Waals surface area contributed by atoms with E-state index in [1.807, 2.05) is 24.3 Å². The second-order valence-corrected chi connectivity index (χ2v) is 10.5. The van der Waals surface area contributed by atoms with E-state index in [1.165, 1.54) is 11.1 Å². The molecule has 2 aliphatic heterocycles. The summed E-state index contributed by atoms with van der Waals surface area (Å²) in [6.07, 6.45) is 4.28. The molecule has 2 aliphatic carbocycles. The fourth-order valence-electron chi connectivity index (χ4n) is 6.82. The van der Waals surface area contributed by atoms with Gasteiger partial charge in [-0.1, -0.05) is 48.5 Å². The van der Waals surface area contributed by atoms with E-state index in [9.17, 15) is 19.5 Å². The maximum atomic E-state index is 13.2. The summed E-state index contributed by atoms with van der Waals surface area (Å²) in [5.41, 5.74) is 4.08. The Bertz CT molecular complexity index is 1140. The highest BCUT2D eigenvalue weighted by molar-refractivity contribution is 5.83. The molecule has 7 nitrogen and oxygen atoms in total. The molecule has 0 radical (unpaired) electrons. The minimum absolute atomic E-state index is 0.0136. The molecule has 2 amide bonds. The Kier molecular flexibility index (Phi) is 5.31. The first-order chi connectivity index (χ1) is 17.0. The SMILES string of the molecule is O=C(NC1(CC(=O)N2[C@@H]3CC[C@H]2[C@@H](C(=O)O)C3)CCC1)OCC1c2ccccc2-c2ccccc21. The lowest BCUT2D eigenvalue weighted by Crippen LogP contribution is -2.56. The second kappa shape index (κ2) is 8.40. The highest BCUT2D eigenvalue weighted by Crippen LogP contribution is 2.46. The van der Waals surface area contributed by atoms with E-state index < -0.39 is 23.5 Å². The van der Waals surface area contributed by atoms with Crippen LogP contribution in [0.15, 0.2) is 48.5 Å². The molecule has 0 unspecified atom stereocenters. The van der Waals surface area contributed by atoms with Crippen molar-refractivity contribution in [1.29, 1.82) is 0 Å². The Labute approximate surface area is 204 Å². The van der Waals surface area contributed by atoms with E-state index in [2.05, 4.69) is 29.6 Å². The molecule has 6 rings (SSSR count). The number of amides is 2. The third kappa shape index (κ3) is 3.68. The predicted octanol–water partition coefficient (Wildman–Crippen LogP) is 4.30. The summed E-state index contributed by atoms with van der Waals surface area (Å²) < 4.78 is 5.73. The molecule has 2 saturated heterocycles. The number of benzene rings is 2. The third-order valence-corrected chi connectivity index (χ3v) is 8.65. The van der Waals surface area contributed by atoms with E-state index in [0.717, 1.165) is 43.2 Å². The molecule has 0 aromatic heterocycles. The van der Waals surface area contributed by atoms with Gasteiger partial charge in [0.25, 0.3) is 0 Å². The standard InChI is InChI=1S/C28H30N2O5/c31-25(30-17-10-11-24(30)22(14-17)26(32)33)15-28(12-5-13-28)29-27(34)35-16-23-20-8-3-1-6-18(20)19-7-2-4-9-21(19)23/h1-4,6-9,17,22-24H,5,10-16H2,(H,29,34)(H,32,33)/t17-,22+,24+/m1/s1. The Morgan fingerprint density at radius 3 is 2.23 bits per heavy atom. The van der Waals surface area contributed by atoms with Crippen molar-refractivity contribution < 1.29 is 24.2 Å². The number of nitrogens with one attached hydrogen (secondary N) is 1. The fourth-order valence-corrected chi connectivity index (χ4v) is 6.82. The largest absolute Gasteiger partial charge is 0.481 e. The minimum Gasteiger partial charge on any atom is -0.481 e. The molecule has 182 valence electrons. The van der Waals surface area contributed by atoms with Crippen LogP contribution in [0.3, 0.4) is 0 Å². The summed E-state index contributed by atoms with van der Waals surface area (Å²) in [7, 11) is 0. The zero-order chi connectivity index (χ0) is 24.2. The first kappa shape index (κ1) is 22.1. The smallest absolute Gasteiger partial charge is 0.407 e. The molecule has 1 saturated carbocycles. The first-order valence-electron chi connectivity index (χ1n) is 12.6. The number of rotatable bonds is 6. The molecular formula is C28H30N2O5. The van der Waals surface area contributed by atoms with Crippen LogP contribution in [0.1, 0.15) is 62.0 Å². The summed E-state index contributed by atoms with van der Waals surface area (Å²) in [5, 5.41) is 12.5. The number of aliphatic carboxylic acids is 1. The molecule has 2 heterocycles. The van der Waals surface area contributed by atoms with Crippen molar-refractivity contribution in [3.63, 3.8) is 0 Å². The van der Waals surface area contributed by atoms with Crippen molar-refractivity contribution in [3.8, 4) is 11.1 Å². The zero-order valence-electron chi connectivity index (χ0n) is 19.6. The normalized spacial score (nSPS) is 25.5. The van der Waals surface area contributed by atoms with Crippen molar-refractivity contribution in [3.05, 3.63) is 59.7 Å². The average molecular weight is 475 g/mol. The summed E-state index contributed by atoms with van der Waals surface area (Å²) in [5.74, 6) is -1.34. The van der Waals surface area contributed by atoms with Gasteiger partial charge in [-0.25, -0.2) is 4.79 Å². The molecule has 3 atom stereocenters. The van der Waals surface area contributed by atoms with Crippen molar-refractivity contribution >= 4 is 18.0 Å². The van der Waals surface area contributed by atoms with Gasteiger partial charge < -0.3 is 20.1 Å². The van der Waals surface area contributed by atoms with Crippen LogP contribution in [0, 0.1) is 5.92 Å². The summed E-state index contributed by atoms with van der Waals surface area (Å²) in [6, 6.07) is 16.2. The first-order valence-corrected chi connectivity index (χ1v) is 12.6. The molecule has 4 aliphatic rings. The molecule has 0 spiro atoms. The number of carboxylic acids is 1. The van der Waals surface area contributed by atoms with Crippen molar-refractivity contribution in [2.24, 2.45) is 5.92 Å². The van der Waals surface area contributed by atoms with Crippen molar-refractivity contribution in [2.45, 2.75) is 68.5 Å². The number of hydrogen-bond donors (Lipinski definition) is 2. The molecule has 2 N–H and O–H groups in total. The Morgan fingerprint density at radius 1 is 1.00 bits per heavy atom. The van der Waals surface area contributed by atoms with Crippen LogP contribution in [0.25, 0.3) is 11.1 Å². The maximum Gasteiger partial charge on any atom is 0.407 e. The fraction of sp³-hybridized carbons (Fsp3) is 0.464. The average Bonchev–Trinajstić information content (AvgIpc) is 3.51. The number of alkyl carbamates (subject to hydrolysis) is 1. The quantitative estimate of drug-likeness (QED) is 0.651. The minimum atomic E-state index is -0.815.